The van der Waals surface area contributed by atoms with Crippen molar-refractivity contribution in [2.24, 2.45) is 0 Å². The zero-order valence-corrected chi connectivity index (χ0v) is 20.5. The Morgan fingerprint density at radius 1 is 0.857 bits per heavy atom. The molecule has 180 valence electrons. The Bertz CT molecular complexity index is 1380. The smallest absolute Gasteiger partial charge is 0.216 e. The second-order valence-electron chi connectivity index (χ2n) is 8.45. The number of nitrogens with zero attached hydrogens (tertiary/aromatic N) is 2. The highest BCUT2D eigenvalue weighted by molar-refractivity contribution is 7.88. The number of aromatic nitrogens is 2. The Balaban J connectivity index is 1.46. The number of hydrogen-bond donors (Lipinski definition) is 2. The van der Waals surface area contributed by atoms with Gasteiger partial charge in [0.15, 0.2) is 0 Å². The summed E-state index contributed by atoms with van der Waals surface area (Å²) in [5.74, 6) is 1.26. The van der Waals surface area contributed by atoms with Crippen molar-refractivity contribution < 1.29 is 13.2 Å². The molecule has 0 saturated carbocycles. The van der Waals surface area contributed by atoms with Gasteiger partial charge in [-0.3, -0.25) is 0 Å². The third kappa shape index (κ3) is 7.37. The highest BCUT2D eigenvalue weighted by atomic mass is 32.2. The van der Waals surface area contributed by atoms with Gasteiger partial charge in [-0.15, -0.1) is 0 Å². The molecule has 3 aromatic carbocycles. The van der Waals surface area contributed by atoms with Crippen LogP contribution in [0.5, 0.6) is 5.75 Å². The summed E-state index contributed by atoms with van der Waals surface area (Å²) in [6, 6.07) is 26.7. The van der Waals surface area contributed by atoms with Gasteiger partial charge < -0.3 is 10.1 Å². The molecule has 0 atom stereocenters. The molecule has 4 rings (SSSR count). The predicted molar refractivity (Wildman–Crippen MR) is 139 cm³/mol. The normalized spacial score (nSPS) is 11.4. The van der Waals surface area contributed by atoms with Crippen LogP contribution in [0, 0.1) is 0 Å². The molecule has 0 fully saturated rings. The second kappa shape index (κ2) is 11.1. The van der Waals surface area contributed by atoms with Crippen molar-refractivity contribution in [3.05, 3.63) is 102 Å². The fourth-order valence-corrected chi connectivity index (χ4v) is 5.00. The summed E-state index contributed by atoms with van der Waals surface area (Å²) in [6.45, 7) is 4.08. The molecule has 0 unspecified atom stereocenters. The van der Waals surface area contributed by atoms with E-state index in [0.29, 0.717) is 18.0 Å². The Morgan fingerprint density at radius 3 is 2.43 bits per heavy atom. The minimum absolute atomic E-state index is 0.0918. The van der Waals surface area contributed by atoms with E-state index in [0.717, 1.165) is 28.3 Å². The highest BCUT2D eigenvalue weighted by Gasteiger charge is 2.13. The summed E-state index contributed by atoms with van der Waals surface area (Å²) in [5.41, 5.74) is 4.17. The molecule has 0 bridgehead atoms. The van der Waals surface area contributed by atoms with Crippen LogP contribution in [0.25, 0.3) is 11.3 Å². The van der Waals surface area contributed by atoms with Crippen molar-refractivity contribution in [2.45, 2.75) is 32.2 Å². The van der Waals surface area contributed by atoms with Crippen molar-refractivity contribution in [3.63, 3.8) is 0 Å². The maximum Gasteiger partial charge on any atom is 0.216 e. The molecule has 1 aromatic heterocycles. The minimum atomic E-state index is -3.41. The van der Waals surface area contributed by atoms with Crippen molar-refractivity contribution in [1.29, 1.82) is 0 Å². The highest BCUT2D eigenvalue weighted by Crippen LogP contribution is 2.25. The summed E-state index contributed by atoms with van der Waals surface area (Å²) >= 11 is 0. The van der Waals surface area contributed by atoms with Gasteiger partial charge in [0.1, 0.15) is 24.5 Å². The molecule has 8 heteroatoms. The van der Waals surface area contributed by atoms with Crippen LogP contribution in [0.3, 0.4) is 0 Å². The molecule has 0 radical (unpaired) electrons. The molecule has 0 aliphatic carbocycles. The number of rotatable bonds is 10. The summed E-state index contributed by atoms with van der Waals surface area (Å²) in [6.07, 6.45) is 1.50. The first kappa shape index (κ1) is 24.4. The Labute approximate surface area is 206 Å². The van der Waals surface area contributed by atoms with Gasteiger partial charge in [0.25, 0.3) is 0 Å². The van der Waals surface area contributed by atoms with Gasteiger partial charge in [0.05, 0.1) is 11.4 Å². The number of hydrogen-bond acceptors (Lipinski definition) is 6. The van der Waals surface area contributed by atoms with Crippen LogP contribution in [0.4, 0.5) is 11.5 Å². The third-order valence-electron chi connectivity index (χ3n) is 5.02. The zero-order valence-electron chi connectivity index (χ0n) is 19.7. The Morgan fingerprint density at radius 2 is 1.63 bits per heavy atom. The average Bonchev–Trinajstić information content (AvgIpc) is 2.83. The lowest BCUT2D eigenvalue weighted by Crippen LogP contribution is -2.31. The summed E-state index contributed by atoms with van der Waals surface area (Å²) < 4.78 is 33.1. The van der Waals surface area contributed by atoms with E-state index in [9.17, 15) is 8.42 Å². The van der Waals surface area contributed by atoms with E-state index in [1.165, 1.54) is 6.33 Å². The molecule has 35 heavy (non-hydrogen) atoms. The topological polar surface area (TPSA) is 93.2 Å². The molecule has 1 heterocycles. The number of nitrogens with one attached hydrogen (secondary N) is 2. The summed E-state index contributed by atoms with van der Waals surface area (Å²) in [5, 5.41) is 3.24. The average molecular weight is 489 g/mol. The van der Waals surface area contributed by atoms with Gasteiger partial charge in [-0.1, -0.05) is 54.6 Å². The van der Waals surface area contributed by atoms with E-state index < -0.39 is 10.0 Å². The van der Waals surface area contributed by atoms with E-state index in [-0.39, 0.29) is 11.8 Å². The van der Waals surface area contributed by atoms with E-state index in [1.807, 2.05) is 72.8 Å². The number of benzene rings is 3. The van der Waals surface area contributed by atoms with E-state index in [1.54, 1.807) is 26.0 Å². The molecule has 0 saturated heterocycles. The third-order valence-corrected chi connectivity index (χ3v) is 6.56. The maximum atomic E-state index is 12.3. The van der Waals surface area contributed by atoms with Crippen LogP contribution in [0.2, 0.25) is 0 Å². The van der Waals surface area contributed by atoms with Crippen molar-refractivity contribution in [2.75, 3.05) is 5.32 Å². The lowest BCUT2D eigenvalue weighted by molar-refractivity contribution is 0.306. The summed E-state index contributed by atoms with van der Waals surface area (Å²) in [7, 11) is -3.41. The number of anilines is 2. The van der Waals surface area contributed by atoms with E-state index >= 15 is 0 Å². The minimum Gasteiger partial charge on any atom is -0.489 e. The molecule has 7 nitrogen and oxygen atoms in total. The molecule has 2 N–H and O–H groups in total. The van der Waals surface area contributed by atoms with Crippen LogP contribution in [-0.2, 0) is 22.4 Å². The quantitative estimate of drug-likeness (QED) is 0.315. The number of sulfonamides is 1. The van der Waals surface area contributed by atoms with Gasteiger partial charge in [0.2, 0.25) is 10.0 Å². The standard InChI is InChI=1S/C27H28N4O3S/c1-20(2)31-35(32,33)18-22-10-6-12-24(14-22)30-27-16-26(28-19-29-27)23-11-7-13-25(15-23)34-17-21-8-4-3-5-9-21/h3-16,19-20,31H,17-18H2,1-2H3,(H,28,29,30). The fourth-order valence-electron chi connectivity index (χ4n) is 3.58. The van der Waals surface area contributed by atoms with Crippen molar-refractivity contribution in [3.8, 4) is 17.0 Å². The maximum absolute atomic E-state index is 12.3. The van der Waals surface area contributed by atoms with E-state index in [2.05, 4.69) is 20.0 Å². The van der Waals surface area contributed by atoms with Crippen LogP contribution >= 0.6 is 0 Å². The van der Waals surface area contributed by atoms with Crippen LogP contribution in [-0.4, -0.2) is 24.4 Å². The second-order valence-corrected chi connectivity index (χ2v) is 10.2. The molecule has 0 spiro atoms. The zero-order chi connectivity index (χ0) is 24.7. The van der Waals surface area contributed by atoms with Gasteiger partial charge in [0, 0.05) is 23.4 Å². The lowest BCUT2D eigenvalue weighted by atomic mass is 10.1. The number of ether oxygens (including phenoxy) is 1. The first-order chi connectivity index (χ1) is 16.9. The monoisotopic (exact) mass is 488 g/mol. The van der Waals surface area contributed by atoms with Crippen molar-refractivity contribution in [1.82, 2.24) is 14.7 Å². The van der Waals surface area contributed by atoms with Gasteiger partial charge in [-0.05, 0) is 49.2 Å². The van der Waals surface area contributed by atoms with E-state index in [4.69, 9.17) is 4.74 Å². The van der Waals surface area contributed by atoms with Gasteiger partial charge in [-0.2, -0.15) is 0 Å². The van der Waals surface area contributed by atoms with Crippen LogP contribution in [0.15, 0.2) is 91.3 Å². The molecule has 4 aromatic rings. The van der Waals surface area contributed by atoms with Crippen LogP contribution < -0.4 is 14.8 Å². The summed E-state index contributed by atoms with van der Waals surface area (Å²) in [4.78, 5) is 8.73. The molecular formula is C27H28N4O3S. The van der Waals surface area contributed by atoms with Gasteiger partial charge in [-0.25, -0.2) is 23.1 Å². The van der Waals surface area contributed by atoms with Crippen molar-refractivity contribution >= 4 is 21.5 Å². The molecule has 0 aliphatic heterocycles. The molecule has 0 amide bonds. The SMILES string of the molecule is CC(C)NS(=O)(=O)Cc1cccc(Nc2cc(-c3cccc(OCc4ccccc4)c3)ncn2)c1. The first-order valence-electron chi connectivity index (χ1n) is 11.3. The lowest BCUT2D eigenvalue weighted by Gasteiger charge is -2.12. The first-order valence-corrected chi connectivity index (χ1v) is 13.0. The largest absolute Gasteiger partial charge is 0.489 e. The van der Waals surface area contributed by atoms with Crippen LogP contribution in [0.1, 0.15) is 25.0 Å². The molecular weight excluding hydrogens is 460 g/mol. The molecule has 0 aliphatic rings. The van der Waals surface area contributed by atoms with Gasteiger partial charge >= 0.3 is 0 Å². The fraction of sp³-hybridized carbons (Fsp3) is 0.185. The predicted octanol–water partition coefficient (Wildman–Crippen LogP) is 5.29. The Hall–Kier alpha value is -3.75. The Kier molecular flexibility index (Phi) is 7.74.